The molecule has 1 fully saturated rings. The number of benzene rings is 2. The van der Waals surface area contributed by atoms with Crippen molar-refractivity contribution in [3.05, 3.63) is 59.2 Å². The lowest BCUT2D eigenvalue weighted by Gasteiger charge is -2.34. The van der Waals surface area contributed by atoms with Crippen LogP contribution in [-0.4, -0.2) is 36.1 Å². The fraction of sp³-hybridized carbons (Fsp3) is 0.391. The van der Waals surface area contributed by atoms with Gasteiger partial charge in [0.2, 0.25) is 5.91 Å². The van der Waals surface area contributed by atoms with Crippen molar-refractivity contribution in [1.82, 2.24) is 4.90 Å². The number of thioether (sulfide) groups is 1. The Bertz CT molecular complexity index is 957. The van der Waals surface area contributed by atoms with Crippen LogP contribution in [0.15, 0.2) is 42.5 Å². The van der Waals surface area contributed by atoms with E-state index in [2.05, 4.69) is 24.3 Å². The molecule has 1 saturated heterocycles. The first-order valence-electron chi connectivity index (χ1n) is 9.90. The number of carbonyl (C=O) groups excluding carboxylic acids is 2. The number of nitrogens with zero attached hydrogens (tertiary/aromatic N) is 2. The van der Waals surface area contributed by atoms with Crippen LogP contribution in [-0.2, 0) is 21.0 Å². The van der Waals surface area contributed by atoms with E-state index in [4.69, 9.17) is 4.74 Å². The van der Waals surface area contributed by atoms with Crippen LogP contribution in [0.4, 0.5) is 5.69 Å². The molecule has 1 atom stereocenters. The van der Waals surface area contributed by atoms with Crippen molar-refractivity contribution in [1.29, 1.82) is 0 Å². The lowest BCUT2D eigenvalue weighted by molar-refractivity contribution is -0.142. The van der Waals surface area contributed by atoms with Crippen LogP contribution in [0.3, 0.4) is 0 Å². The molecule has 29 heavy (non-hydrogen) atoms. The molecule has 6 heteroatoms. The van der Waals surface area contributed by atoms with Crippen molar-refractivity contribution < 1.29 is 14.3 Å². The molecule has 0 unspecified atom stereocenters. The Morgan fingerprint density at radius 2 is 1.93 bits per heavy atom. The van der Waals surface area contributed by atoms with Gasteiger partial charge in [-0.15, -0.1) is 11.8 Å². The SMILES string of the molecule is COc1ccc2c(c1)[C@]1(SCCN1C(=O)C(C)C)C(=O)N2Cc1ccc(C)cc1. The topological polar surface area (TPSA) is 49.9 Å². The molecule has 4 rings (SSSR count). The van der Waals surface area contributed by atoms with Crippen molar-refractivity contribution in [3.63, 3.8) is 0 Å². The molecular weight excluding hydrogens is 384 g/mol. The summed E-state index contributed by atoms with van der Waals surface area (Å²) in [5, 5.41) is 0. The molecular formula is C23H26N2O3S. The maximum atomic E-state index is 13.9. The number of ether oxygens (including phenoxy) is 1. The second kappa shape index (κ2) is 7.41. The van der Waals surface area contributed by atoms with Gasteiger partial charge in [-0.05, 0) is 30.7 Å². The van der Waals surface area contributed by atoms with Gasteiger partial charge >= 0.3 is 0 Å². The molecule has 2 aromatic rings. The fourth-order valence-corrected chi connectivity index (χ4v) is 5.55. The minimum Gasteiger partial charge on any atom is -0.497 e. The number of hydrogen-bond donors (Lipinski definition) is 0. The Labute approximate surface area is 176 Å². The van der Waals surface area contributed by atoms with Crippen molar-refractivity contribution in [2.45, 2.75) is 32.2 Å². The van der Waals surface area contributed by atoms with Crippen LogP contribution in [0.2, 0.25) is 0 Å². The van der Waals surface area contributed by atoms with Gasteiger partial charge < -0.3 is 14.5 Å². The molecule has 2 heterocycles. The van der Waals surface area contributed by atoms with Gasteiger partial charge in [0, 0.05) is 23.8 Å². The van der Waals surface area contributed by atoms with Crippen molar-refractivity contribution in [2.24, 2.45) is 5.92 Å². The zero-order chi connectivity index (χ0) is 20.8. The van der Waals surface area contributed by atoms with Crippen LogP contribution < -0.4 is 9.64 Å². The number of fused-ring (bicyclic) bond motifs is 2. The molecule has 0 aromatic heterocycles. The quantitative estimate of drug-likeness (QED) is 0.766. The largest absolute Gasteiger partial charge is 0.497 e. The standard InChI is InChI=1S/C23H26N2O3S/c1-15(2)21(26)25-11-12-29-23(25)19-13-18(28-4)9-10-20(19)24(22(23)27)14-17-7-5-16(3)6-8-17/h5-10,13,15H,11-12,14H2,1-4H3/t23-/m0/s1. The van der Waals surface area contributed by atoms with E-state index in [9.17, 15) is 9.59 Å². The van der Waals surface area contributed by atoms with Gasteiger partial charge in [-0.2, -0.15) is 0 Å². The highest BCUT2D eigenvalue weighted by molar-refractivity contribution is 8.01. The van der Waals surface area contributed by atoms with E-state index in [1.54, 1.807) is 23.8 Å². The third-order valence-corrected chi connectivity index (χ3v) is 7.04. The van der Waals surface area contributed by atoms with E-state index in [0.717, 1.165) is 22.6 Å². The van der Waals surface area contributed by atoms with E-state index in [-0.39, 0.29) is 17.7 Å². The zero-order valence-electron chi connectivity index (χ0n) is 17.3. The van der Waals surface area contributed by atoms with Gasteiger partial charge in [-0.25, -0.2) is 0 Å². The molecule has 0 aliphatic carbocycles. The Morgan fingerprint density at radius 1 is 1.21 bits per heavy atom. The van der Waals surface area contributed by atoms with Gasteiger partial charge in [0.1, 0.15) is 5.75 Å². The fourth-order valence-electron chi connectivity index (χ4n) is 4.09. The zero-order valence-corrected chi connectivity index (χ0v) is 18.1. The van der Waals surface area contributed by atoms with E-state index in [0.29, 0.717) is 18.8 Å². The summed E-state index contributed by atoms with van der Waals surface area (Å²) in [6, 6.07) is 13.9. The summed E-state index contributed by atoms with van der Waals surface area (Å²) in [7, 11) is 1.62. The van der Waals surface area contributed by atoms with Gasteiger partial charge in [-0.1, -0.05) is 43.7 Å². The summed E-state index contributed by atoms with van der Waals surface area (Å²) < 4.78 is 5.44. The van der Waals surface area contributed by atoms with Crippen LogP contribution in [0.25, 0.3) is 0 Å². The number of amides is 2. The average Bonchev–Trinajstić information content (AvgIpc) is 3.25. The molecule has 152 valence electrons. The highest BCUT2D eigenvalue weighted by Crippen LogP contribution is 2.55. The molecule has 0 bridgehead atoms. The number of aryl methyl sites for hydroxylation is 1. The van der Waals surface area contributed by atoms with Gasteiger partial charge in [0.25, 0.3) is 5.91 Å². The molecule has 2 aliphatic rings. The van der Waals surface area contributed by atoms with E-state index in [1.165, 1.54) is 5.56 Å². The lowest BCUT2D eigenvalue weighted by atomic mass is 10.0. The summed E-state index contributed by atoms with van der Waals surface area (Å²) >= 11 is 1.55. The number of methoxy groups -OCH3 is 1. The normalized spacial score (nSPS) is 20.7. The summed E-state index contributed by atoms with van der Waals surface area (Å²) in [6.07, 6.45) is 0. The number of carbonyl (C=O) groups is 2. The average molecular weight is 411 g/mol. The van der Waals surface area contributed by atoms with E-state index < -0.39 is 4.87 Å². The predicted octanol–water partition coefficient (Wildman–Crippen LogP) is 3.93. The second-order valence-electron chi connectivity index (χ2n) is 7.90. The first-order chi connectivity index (χ1) is 13.9. The van der Waals surface area contributed by atoms with Crippen LogP contribution in [0.5, 0.6) is 5.75 Å². The minimum absolute atomic E-state index is 0.00862. The Balaban J connectivity index is 1.82. The van der Waals surface area contributed by atoms with Crippen molar-refractivity contribution in [3.8, 4) is 5.75 Å². The van der Waals surface area contributed by atoms with E-state index in [1.807, 2.05) is 43.9 Å². The first-order valence-corrected chi connectivity index (χ1v) is 10.9. The summed E-state index contributed by atoms with van der Waals surface area (Å²) in [5.74, 6) is 1.22. The Kier molecular flexibility index (Phi) is 5.07. The van der Waals surface area contributed by atoms with Crippen LogP contribution in [0, 0.1) is 12.8 Å². The first kappa shape index (κ1) is 19.8. The molecule has 5 nitrogen and oxygen atoms in total. The highest BCUT2D eigenvalue weighted by atomic mass is 32.2. The van der Waals surface area contributed by atoms with Crippen molar-refractivity contribution in [2.75, 3.05) is 24.3 Å². The Hall–Kier alpha value is -2.47. The minimum atomic E-state index is -1.00. The van der Waals surface area contributed by atoms with E-state index >= 15 is 0 Å². The molecule has 2 amide bonds. The smallest absolute Gasteiger partial charge is 0.268 e. The number of anilines is 1. The van der Waals surface area contributed by atoms with Crippen molar-refractivity contribution >= 4 is 29.3 Å². The van der Waals surface area contributed by atoms with Gasteiger partial charge in [0.15, 0.2) is 4.87 Å². The summed E-state index contributed by atoms with van der Waals surface area (Å²) in [4.78, 5) is 29.5. The maximum absolute atomic E-state index is 13.9. The molecule has 2 aromatic carbocycles. The van der Waals surface area contributed by atoms with Crippen LogP contribution in [0.1, 0.15) is 30.5 Å². The second-order valence-corrected chi connectivity index (χ2v) is 9.18. The maximum Gasteiger partial charge on any atom is 0.268 e. The lowest BCUT2D eigenvalue weighted by Crippen LogP contribution is -2.51. The summed E-state index contributed by atoms with van der Waals surface area (Å²) in [6.45, 7) is 6.86. The van der Waals surface area contributed by atoms with Gasteiger partial charge in [-0.3, -0.25) is 9.59 Å². The molecule has 0 saturated carbocycles. The predicted molar refractivity (Wildman–Crippen MR) is 116 cm³/mol. The monoisotopic (exact) mass is 410 g/mol. The molecule has 0 radical (unpaired) electrons. The molecule has 1 spiro atoms. The van der Waals surface area contributed by atoms with Crippen LogP contribution >= 0.6 is 11.8 Å². The number of rotatable bonds is 4. The third-order valence-electron chi connectivity index (χ3n) is 5.62. The molecule has 0 N–H and O–H groups in total. The van der Waals surface area contributed by atoms with Gasteiger partial charge in [0.05, 0.1) is 19.3 Å². The third kappa shape index (κ3) is 3.10. The highest BCUT2D eigenvalue weighted by Gasteiger charge is 2.59. The Morgan fingerprint density at radius 3 is 2.59 bits per heavy atom. The number of hydrogen-bond acceptors (Lipinski definition) is 4. The molecule has 2 aliphatic heterocycles. The summed E-state index contributed by atoms with van der Waals surface area (Å²) in [5.41, 5.74) is 3.95.